The van der Waals surface area contributed by atoms with Gasteiger partial charge in [0.05, 0.1) is 13.2 Å². The Hall–Kier alpha value is -0.340. The first-order chi connectivity index (χ1) is 6.16. The van der Waals surface area contributed by atoms with Crippen LogP contribution in [-0.2, 0) is 4.74 Å². The summed E-state index contributed by atoms with van der Waals surface area (Å²) in [5, 5.41) is 3.36. The number of hydrogen-bond acceptors (Lipinski definition) is 2. The van der Waals surface area contributed by atoms with Gasteiger partial charge >= 0.3 is 0 Å². The molecule has 0 aliphatic rings. The third-order valence-electron chi connectivity index (χ3n) is 1.96. The molecule has 0 fully saturated rings. The van der Waals surface area contributed by atoms with Crippen LogP contribution in [0.2, 0.25) is 0 Å². The van der Waals surface area contributed by atoms with Gasteiger partial charge in [-0.25, -0.2) is 0 Å². The molecule has 0 heterocycles. The standard InChI is InChI=1S/C11H23NO/c1-5-11(4)8-12-6-7-13-9-10(2)3/h11-12H,2,5-9H2,1,3-4H3. The topological polar surface area (TPSA) is 21.3 Å². The van der Waals surface area contributed by atoms with Crippen LogP contribution in [0.5, 0.6) is 0 Å². The molecule has 0 rings (SSSR count). The fourth-order valence-electron chi connectivity index (χ4n) is 0.884. The maximum absolute atomic E-state index is 5.35. The molecule has 0 aromatic heterocycles. The van der Waals surface area contributed by atoms with Gasteiger partial charge in [-0.05, 0) is 19.4 Å². The molecule has 0 aromatic rings. The lowest BCUT2D eigenvalue weighted by atomic mass is 10.1. The first kappa shape index (κ1) is 12.7. The smallest absolute Gasteiger partial charge is 0.0672 e. The average Bonchev–Trinajstić information content (AvgIpc) is 2.10. The Kier molecular flexibility index (Phi) is 8.05. The molecular formula is C11H23NO. The van der Waals surface area contributed by atoms with E-state index in [1.807, 2.05) is 6.92 Å². The van der Waals surface area contributed by atoms with Crippen LogP contribution in [0.3, 0.4) is 0 Å². The van der Waals surface area contributed by atoms with E-state index in [4.69, 9.17) is 4.74 Å². The van der Waals surface area contributed by atoms with Gasteiger partial charge < -0.3 is 10.1 Å². The van der Waals surface area contributed by atoms with E-state index in [0.717, 1.165) is 31.2 Å². The second-order valence-electron chi connectivity index (χ2n) is 3.73. The van der Waals surface area contributed by atoms with Gasteiger partial charge in [-0.15, -0.1) is 0 Å². The lowest BCUT2D eigenvalue weighted by molar-refractivity contribution is 0.157. The van der Waals surface area contributed by atoms with Gasteiger partial charge in [0, 0.05) is 6.54 Å². The van der Waals surface area contributed by atoms with Crippen LogP contribution < -0.4 is 5.32 Å². The number of ether oxygens (including phenoxy) is 1. The summed E-state index contributed by atoms with van der Waals surface area (Å²) >= 11 is 0. The monoisotopic (exact) mass is 185 g/mol. The third-order valence-corrected chi connectivity index (χ3v) is 1.96. The molecular weight excluding hydrogens is 162 g/mol. The van der Waals surface area contributed by atoms with Crippen molar-refractivity contribution < 1.29 is 4.74 Å². The Morgan fingerprint density at radius 2 is 2.23 bits per heavy atom. The Morgan fingerprint density at radius 1 is 1.54 bits per heavy atom. The molecule has 0 spiro atoms. The van der Waals surface area contributed by atoms with Crippen molar-refractivity contribution in [1.82, 2.24) is 5.32 Å². The van der Waals surface area contributed by atoms with Gasteiger partial charge in [0.2, 0.25) is 0 Å². The molecule has 1 atom stereocenters. The maximum Gasteiger partial charge on any atom is 0.0672 e. The first-order valence-electron chi connectivity index (χ1n) is 5.09. The summed E-state index contributed by atoms with van der Waals surface area (Å²) in [6.45, 7) is 13.7. The lowest BCUT2D eigenvalue weighted by Crippen LogP contribution is -2.25. The zero-order chi connectivity index (χ0) is 10.1. The van der Waals surface area contributed by atoms with Crippen molar-refractivity contribution >= 4 is 0 Å². The highest BCUT2D eigenvalue weighted by molar-refractivity contribution is 4.87. The van der Waals surface area contributed by atoms with Gasteiger partial charge in [0.25, 0.3) is 0 Å². The highest BCUT2D eigenvalue weighted by Gasteiger charge is 1.96. The normalized spacial score (nSPS) is 12.8. The number of rotatable bonds is 8. The summed E-state index contributed by atoms with van der Waals surface area (Å²) in [5.74, 6) is 0.765. The quantitative estimate of drug-likeness (QED) is 0.462. The lowest BCUT2D eigenvalue weighted by Gasteiger charge is -2.10. The van der Waals surface area contributed by atoms with Crippen LogP contribution in [0.25, 0.3) is 0 Å². The van der Waals surface area contributed by atoms with E-state index < -0.39 is 0 Å². The molecule has 0 radical (unpaired) electrons. The number of nitrogens with one attached hydrogen (secondary N) is 1. The van der Waals surface area contributed by atoms with E-state index in [0.29, 0.717) is 6.61 Å². The van der Waals surface area contributed by atoms with Crippen molar-refractivity contribution in [1.29, 1.82) is 0 Å². The molecule has 2 nitrogen and oxygen atoms in total. The summed E-state index contributed by atoms with van der Waals surface area (Å²) in [6.07, 6.45) is 1.24. The largest absolute Gasteiger partial charge is 0.376 e. The average molecular weight is 185 g/mol. The molecule has 0 aliphatic heterocycles. The summed E-state index contributed by atoms with van der Waals surface area (Å²) in [6, 6.07) is 0. The Morgan fingerprint density at radius 3 is 2.77 bits per heavy atom. The van der Waals surface area contributed by atoms with Gasteiger partial charge in [-0.3, -0.25) is 0 Å². The maximum atomic E-state index is 5.35. The van der Waals surface area contributed by atoms with E-state index >= 15 is 0 Å². The van der Waals surface area contributed by atoms with Crippen molar-refractivity contribution in [3.8, 4) is 0 Å². The van der Waals surface area contributed by atoms with Crippen molar-refractivity contribution in [3.05, 3.63) is 12.2 Å². The van der Waals surface area contributed by atoms with Crippen LogP contribution in [-0.4, -0.2) is 26.3 Å². The molecule has 0 saturated heterocycles. The van der Waals surface area contributed by atoms with Crippen molar-refractivity contribution in [2.24, 2.45) is 5.92 Å². The zero-order valence-electron chi connectivity index (χ0n) is 9.23. The summed E-state index contributed by atoms with van der Waals surface area (Å²) in [4.78, 5) is 0. The minimum absolute atomic E-state index is 0.686. The molecule has 0 aromatic carbocycles. The van der Waals surface area contributed by atoms with E-state index in [-0.39, 0.29) is 0 Å². The van der Waals surface area contributed by atoms with Gasteiger partial charge in [-0.1, -0.05) is 32.4 Å². The second kappa shape index (κ2) is 8.27. The second-order valence-corrected chi connectivity index (χ2v) is 3.73. The predicted octanol–water partition coefficient (Wildman–Crippen LogP) is 2.21. The molecule has 0 saturated carbocycles. The minimum atomic E-state index is 0.686. The Labute approximate surface area is 82.4 Å². The fraction of sp³-hybridized carbons (Fsp3) is 0.818. The Balaban J connectivity index is 3.04. The molecule has 0 amide bonds. The van der Waals surface area contributed by atoms with Crippen LogP contribution in [0.1, 0.15) is 27.2 Å². The molecule has 0 bridgehead atoms. The van der Waals surface area contributed by atoms with E-state index in [1.165, 1.54) is 6.42 Å². The van der Waals surface area contributed by atoms with Crippen molar-refractivity contribution in [3.63, 3.8) is 0 Å². The molecule has 1 N–H and O–H groups in total. The van der Waals surface area contributed by atoms with E-state index in [2.05, 4.69) is 25.7 Å². The Bertz CT molecular complexity index is 134. The van der Waals surface area contributed by atoms with E-state index in [1.54, 1.807) is 0 Å². The van der Waals surface area contributed by atoms with Gasteiger partial charge in [0.1, 0.15) is 0 Å². The van der Waals surface area contributed by atoms with Crippen LogP contribution >= 0.6 is 0 Å². The predicted molar refractivity (Wildman–Crippen MR) is 58.0 cm³/mol. The highest BCUT2D eigenvalue weighted by Crippen LogP contribution is 1.96. The first-order valence-corrected chi connectivity index (χ1v) is 5.09. The third kappa shape index (κ3) is 9.57. The van der Waals surface area contributed by atoms with E-state index in [9.17, 15) is 0 Å². The molecule has 2 heteroatoms. The van der Waals surface area contributed by atoms with Crippen LogP contribution in [0.15, 0.2) is 12.2 Å². The SMILES string of the molecule is C=C(C)COCCNCC(C)CC. The molecule has 1 unspecified atom stereocenters. The summed E-state index contributed by atoms with van der Waals surface area (Å²) in [7, 11) is 0. The highest BCUT2D eigenvalue weighted by atomic mass is 16.5. The molecule has 13 heavy (non-hydrogen) atoms. The van der Waals surface area contributed by atoms with Gasteiger partial charge in [-0.2, -0.15) is 0 Å². The summed E-state index contributed by atoms with van der Waals surface area (Å²) < 4.78 is 5.35. The zero-order valence-corrected chi connectivity index (χ0v) is 9.23. The summed E-state index contributed by atoms with van der Waals surface area (Å²) in [5.41, 5.74) is 1.09. The fourth-order valence-corrected chi connectivity index (χ4v) is 0.884. The van der Waals surface area contributed by atoms with Crippen molar-refractivity contribution in [2.75, 3.05) is 26.3 Å². The molecule has 78 valence electrons. The number of hydrogen-bond donors (Lipinski definition) is 1. The van der Waals surface area contributed by atoms with Crippen LogP contribution in [0, 0.1) is 5.92 Å². The van der Waals surface area contributed by atoms with Crippen LogP contribution in [0.4, 0.5) is 0 Å². The van der Waals surface area contributed by atoms with Crippen molar-refractivity contribution in [2.45, 2.75) is 27.2 Å². The molecule has 0 aliphatic carbocycles. The van der Waals surface area contributed by atoms with Gasteiger partial charge in [0.15, 0.2) is 0 Å². The minimum Gasteiger partial charge on any atom is -0.376 e.